The Balaban J connectivity index is 2.27. The predicted molar refractivity (Wildman–Crippen MR) is 84.3 cm³/mol. The quantitative estimate of drug-likeness (QED) is 0.364. The first-order chi connectivity index (χ1) is 11.2. The van der Waals surface area contributed by atoms with Crippen molar-refractivity contribution in [2.24, 2.45) is 0 Å². The Bertz CT molecular complexity index is 796. The SMILES string of the molecule is O=[N+]([O-])c1ccc(NC(=S)Nc2ccccc2F)c(C(F)(F)F)c1. The highest BCUT2D eigenvalue weighted by atomic mass is 32.1. The number of nitro groups is 1. The number of anilines is 2. The predicted octanol–water partition coefficient (Wildman–Crippen LogP) is 4.56. The molecule has 0 saturated carbocycles. The van der Waals surface area contributed by atoms with E-state index in [1.807, 2.05) is 0 Å². The number of nitrogens with zero attached hydrogens (tertiary/aromatic N) is 1. The maximum atomic E-state index is 13.5. The van der Waals surface area contributed by atoms with Crippen molar-refractivity contribution >= 4 is 34.4 Å². The Morgan fingerprint density at radius 1 is 1.08 bits per heavy atom. The fourth-order valence-corrected chi connectivity index (χ4v) is 2.05. The second-order valence-corrected chi connectivity index (χ2v) is 4.95. The first-order valence-corrected chi connectivity index (χ1v) is 6.77. The van der Waals surface area contributed by atoms with Crippen LogP contribution in [-0.4, -0.2) is 10.0 Å². The highest BCUT2D eigenvalue weighted by Crippen LogP contribution is 2.37. The smallest absolute Gasteiger partial charge is 0.332 e. The van der Waals surface area contributed by atoms with Crippen molar-refractivity contribution in [2.45, 2.75) is 6.18 Å². The van der Waals surface area contributed by atoms with E-state index in [0.29, 0.717) is 6.07 Å². The lowest BCUT2D eigenvalue weighted by Crippen LogP contribution is -2.22. The molecular formula is C14H9F4N3O2S. The molecule has 0 fully saturated rings. The molecule has 0 spiro atoms. The van der Waals surface area contributed by atoms with Crippen LogP contribution < -0.4 is 10.6 Å². The monoisotopic (exact) mass is 359 g/mol. The Labute approximate surface area is 138 Å². The normalized spacial score (nSPS) is 11.0. The molecule has 0 radical (unpaired) electrons. The molecule has 10 heteroatoms. The van der Waals surface area contributed by atoms with E-state index >= 15 is 0 Å². The van der Waals surface area contributed by atoms with Gasteiger partial charge in [0.05, 0.1) is 21.9 Å². The van der Waals surface area contributed by atoms with E-state index in [1.54, 1.807) is 0 Å². The van der Waals surface area contributed by atoms with E-state index in [1.165, 1.54) is 18.2 Å². The fraction of sp³-hybridized carbons (Fsp3) is 0.0714. The van der Waals surface area contributed by atoms with Gasteiger partial charge in [-0.2, -0.15) is 13.2 Å². The van der Waals surface area contributed by atoms with E-state index in [0.717, 1.165) is 18.2 Å². The van der Waals surface area contributed by atoms with E-state index in [9.17, 15) is 27.7 Å². The van der Waals surface area contributed by atoms with Gasteiger partial charge in [0.15, 0.2) is 5.11 Å². The number of non-ortho nitro benzene ring substituents is 1. The van der Waals surface area contributed by atoms with Crippen molar-refractivity contribution < 1.29 is 22.5 Å². The van der Waals surface area contributed by atoms with Gasteiger partial charge in [-0.1, -0.05) is 12.1 Å². The molecule has 0 aromatic heterocycles. The van der Waals surface area contributed by atoms with Gasteiger partial charge in [-0.25, -0.2) is 4.39 Å². The van der Waals surface area contributed by atoms with E-state index in [2.05, 4.69) is 10.6 Å². The Hall–Kier alpha value is -2.75. The molecule has 2 N–H and O–H groups in total. The van der Waals surface area contributed by atoms with Gasteiger partial charge in [-0.15, -0.1) is 0 Å². The van der Waals surface area contributed by atoms with Gasteiger partial charge in [0.2, 0.25) is 0 Å². The second kappa shape index (κ2) is 6.79. The molecule has 0 aliphatic carbocycles. The average Bonchev–Trinajstić information content (AvgIpc) is 2.48. The van der Waals surface area contributed by atoms with Crippen molar-refractivity contribution in [3.63, 3.8) is 0 Å². The number of rotatable bonds is 3. The number of hydrogen-bond donors (Lipinski definition) is 2. The van der Waals surface area contributed by atoms with Gasteiger partial charge in [-0.05, 0) is 30.4 Å². The van der Waals surface area contributed by atoms with E-state index in [4.69, 9.17) is 12.2 Å². The van der Waals surface area contributed by atoms with Crippen LogP contribution in [0.5, 0.6) is 0 Å². The minimum atomic E-state index is -4.83. The van der Waals surface area contributed by atoms with Crippen molar-refractivity contribution in [1.82, 2.24) is 0 Å². The third-order valence-corrected chi connectivity index (χ3v) is 3.09. The highest BCUT2D eigenvalue weighted by molar-refractivity contribution is 7.80. The molecule has 0 heterocycles. The molecule has 0 saturated heterocycles. The summed E-state index contributed by atoms with van der Waals surface area (Å²) in [7, 11) is 0. The van der Waals surface area contributed by atoms with Crippen LogP contribution in [0.15, 0.2) is 42.5 Å². The zero-order valence-corrected chi connectivity index (χ0v) is 12.5. The standard InChI is InChI=1S/C14H9F4N3O2S/c15-10-3-1-2-4-12(10)20-13(24)19-11-6-5-8(21(22)23)7-9(11)14(16,17)18/h1-7H,(H2,19,20,24). The molecule has 5 nitrogen and oxygen atoms in total. The Morgan fingerprint density at radius 2 is 1.71 bits per heavy atom. The lowest BCUT2D eigenvalue weighted by Gasteiger charge is -2.16. The van der Waals surface area contributed by atoms with E-state index < -0.39 is 33.9 Å². The summed E-state index contributed by atoms with van der Waals surface area (Å²) < 4.78 is 52.6. The number of nitro benzene ring substituents is 1. The number of benzene rings is 2. The molecule has 2 aromatic carbocycles. The molecule has 126 valence electrons. The Morgan fingerprint density at radius 3 is 2.29 bits per heavy atom. The summed E-state index contributed by atoms with van der Waals surface area (Å²) in [5, 5.41) is 15.0. The van der Waals surface area contributed by atoms with E-state index in [-0.39, 0.29) is 10.8 Å². The molecule has 2 rings (SSSR count). The molecule has 0 atom stereocenters. The summed E-state index contributed by atoms with van der Waals surface area (Å²) in [6.07, 6.45) is -4.83. The summed E-state index contributed by atoms with van der Waals surface area (Å²) in [5.41, 5.74) is -2.47. The average molecular weight is 359 g/mol. The number of para-hydroxylation sites is 1. The largest absolute Gasteiger partial charge is 0.418 e. The summed E-state index contributed by atoms with van der Waals surface area (Å²) in [6.45, 7) is 0. The lowest BCUT2D eigenvalue weighted by atomic mass is 10.1. The number of thiocarbonyl (C=S) groups is 1. The summed E-state index contributed by atoms with van der Waals surface area (Å²) in [4.78, 5) is 9.69. The summed E-state index contributed by atoms with van der Waals surface area (Å²) in [5.74, 6) is -0.638. The number of nitrogens with one attached hydrogen (secondary N) is 2. The molecule has 2 aromatic rings. The van der Waals surface area contributed by atoms with Crippen molar-refractivity contribution in [3.05, 3.63) is 64.0 Å². The minimum absolute atomic E-state index is 0.0227. The Kier molecular flexibility index (Phi) is 4.98. The van der Waals surface area contributed by atoms with Crippen molar-refractivity contribution in [3.8, 4) is 0 Å². The molecule has 0 amide bonds. The molecule has 0 unspecified atom stereocenters. The minimum Gasteiger partial charge on any atom is -0.332 e. The van der Waals surface area contributed by atoms with Gasteiger partial charge in [-0.3, -0.25) is 10.1 Å². The molecule has 0 bridgehead atoms. The fourth-order valence-electron chi connectivity index (χ4n) is 1.83. The van der Waals surface area contributed by atoms with Crippen LogP contribution in [0.4, 0.5) is 34.6 Å². The number of alkyl halides is 3. The number of halogens is 4. The maximum absolute atomic E-state index is 13.5. The molecule has 0 aliphatic rings. The third-order valence-electron chi connectivity index (χ3n) is 2.89. The summed E-state index contributed by atoms with van der Waals surface area (Å²) in [6, 6.07) is 7.64. The first kappa shape index (κ1) is 17.6. The van der Waals surface area contributed by atoms with Crippen LogP contribution in [-0.2, 0) is 6.18 Å². The van der Waals surface area contributed by atoms with Crippen LogP contribution in [0, 0.1) is 15.9 Å². The zero-order chi connectivity index (χ0) is 17.9. The third kappa shape index (κ3) is 4.16. The van der Waals surface area contributed by atoms with Gasteiger partial charge >= 0.3 is 6.18 Å². The molecular weight excluding hydrogens is 350 g/mol. The topological polar surface area (TPSA) is 67.2 Å². The van der Waals surface area contributed by atoms with Gasteiger partial charge in [0.1, 0.15) is 5.82 Å². The van der Waals surface area contributed by atoms with Crippen molar-refractivity contribution in [2.75, 3.05) is 10.6 Å². The van der Waals surface area contributed by atoms with Crippen LogP contribution in [0.1, 0.15) is 5.56 Å². The lowest BCUT2D eigenvalue weighted by molar-refractivity contribution is -0.385. The zero-order valence-electron chi connectivity index (χ0n) is 11.7. The molecule has 24 heavy (non-hydrogen) atoms. The first-order valence-electron chi connectivity index (χ1n) is 6.36. The van der Waals surface area contributed by atoms with Gasteiger partial charge < -0.3 is 10.6 Å². The maximum Gasteiger partial charge on any atom is 0.418 e. The summed E-state index contributed by atoms with van der Waals surface area (Å²) >= 11 is 4.85. The second-order valence-electron chi connectivity index (χ2n) is 4.54. The van der Waals surface area contributed by atoms with Crippen LogP contribution in [0.25, 0.3) is 0 Å². The van der Waals surface area contributed by atoms with Crippen molar-refractivity contribution in [1.29, 1.82) is 0 Å². The van der Waals surface area contributed by atoms with Crippen LogP contribution in [0.3, 0.4) is 0 Å². The molecule has 0 aliphatic heterocycles. The van der Waals surface area contributed by atoms with Gasteiger partial charge in [0, 0.05) is 12.1 Å². The van der Waals surface area contributed by atoms with Gasteiger partial charge in [0.25, 0.3) is 5.69 Å². The highest BCUT2D eigenvalue weighted by Gasteiger charge is 2.35. The number of hydrogen-bond acceptors (Lipinski definition) is 3. The van der Waals surface area contributed by atoms with Crippen LogP contribution in [0.2, 0.25) is 0 Å². The van der Waals surface area contributed by atoms with Crippen LogP contribution >= 0.6 is 12.2 Å².